The molecule has 0 unspecified atom stereocenters. The molecule has 1 amide bonds. The molecule has 1 aliphatic carbocycles. The Morgan fingerprint density at radius 1 is 1.35 bits per heavy atom. The SMILES string of the molecule is Cc1noc(C)c1S(=O)(=O)NC(=O)[C@@H]1C[C@@H]1c1ccccc1OC(F)F. The second kappa shape index (κ2) is 6.67. The third-order valence-electron chi connectivity index (χ3n) is 4.13. The first-order chi connectivity index (χ1) is 12.2. The van der Waals surface area contributed by atoms with Crippen LogP contribution in [0.2, 0.25) is 0 Å². The predicted molar refractivity (Wildman–Crippen MR) is 85.2 cm³/mol. The molecule has 1 aromatic heterocycles. The van der Waals surface area contributed by atoms with E-state index in [4.69, 9.17) is 4.52 Å². The summed E-state index contributed by atoms with van der Waals surface area (Å²) in [6.45, 7) is -0.105. The van der Waals surface area contributed by atoms with Crippen LogP contribution in [0.4, 0.5) is 8.78 Å². The molecule has 1 heterocycles. The zero-order chi connectivity index (χ0) is 19.1. The number of carbonyl (C=O) groups excluding carboxylic acids is 1. The molecule has 1 saturated carbocycles. The van der Waals surface area contributed by atoms with E-state index in [0.29, 0.717) is 12.0 Å². The van der Waals surface area contributed by atoms with Gasteiger partial charge >= 0.3 is 6.61 Å². The lowest BCUT2D eigenvalue weighted by atomic mass is 10.1. The highest BCUT2D eigenvalue weighted by Gasteiger charge is 2.47. The van der Waals surface area contributed by atoms with Crippen LogP contribution in [-0.4, -0.2) is 26.1 Å². The first kappa shape index (κ1) is 18.3. The molecule has 0 bridgehead atoms. The molecule has 0 aliphatic heterocycles. The van der Waals surface area contributed by atoms with Crippen molar-refractivity contribution in [2.45, 2.75) is 37.7 Å². The Hall–Kier alpha value is -2.49. The molecule has 2 atom stereocenters. The Morgan fingerprint density at radius 3 is 2.65 bits per heavy atom. The van der Waals surface area contributed by atoms with Crippen molar-refractivity contribution in [1.29, 1.82) is 0 Å². The number of nitrogens with one attached hydrogen (secondary N) is 1. The molecule has 0 saturated heterocycles. The highest BCUT2D eigenvalue weighted by Crippen LogP contribution is 2.50. The van der Waals surface area contributed by atoms with Gasteiger partial charge in [0.25, 0.3) is 10.0 Å². The molecule has 2 aromatic rings. The van der Waals surface area contributed by atoms with Crippen LogP contribution in [0.25, 0.3) is 0 Å². The largest absolute Gasteiger partial charge is 0.435 e. The van der Waals surface area contributed by atoms with Gasteiger partial charge in [0.2, 0.25) is 5.91 Å². The average Bonchev–Trinajstić information content (AvgIpc) is 3.26. The molecular formula is C16H16F2N2O5S. The standard InChI is InChI=1S/C16H16F2N2O5S/c1-8-14(9(2)25-19-8)26(22,23)20-15(21)12-7-11(12)10-5-3-4-6-13(10)24-16(17)18/h3-6,11-12,16H,7H2,1-2H3,(H,20,21)/t11-,12-/m1/s1. The van der Waals surface area contributed by atoms with Gasteiger partial charge in [0.05, 0.1) is 0 Å². The van der Waals surface area contributed by atoms with E-state index in [9.17, 15) is 22.0 Å². The summed E-state index contributed by atoms with van der Waals surface area (Å²) < 4.78 is 61.0. The first-order valence-electron chi connectivity index (χ1n) is 7.74. The van der Waals surface area contributed by atoms with Gasteiger partial charge in [-0.3, -0.25) is 4.79 Å². The smallest absolute Gasteiger partial charge is 0.387 e. The summed E-state index contributed by atoms with van der Waals surface area (Å²) in [5.74, 6) is -1.68. The fourth-order valence-electron chi connectivity index (χ4n) is 2.94. The fraction of sp³-hybridized carbons (Fsp3) is 0.375. The fourth-order valence-corrected chi connectivity index (χ4v) is 4.30. The summed E-state index contributed by atoms with van der Waals surface area (Å²) >= 11 is 0. The van der Waals surface area contributed by atoms with Crippen LogP contribution in [-0.2, 0) is 14.8 Å². The molecule has 1 aromatic carbocycles. The summed E-state index contributed by atoms with van der Waals surface area (Å²) in [6.07, 6.45) is 0.340. The van der Waals surface area contributed by atoms with Crippen molar-refractivity contribution in [1.82, 2.24) is 9.88 Å². The van der Waals surface area contributed by atoms with E-state index >= 15 is 0 Å². The lowest BCUT2D eigenvalue weighted by Gasteiger charge is -2.10. The van der Waals surface area contributed by atoms with Crippen molar-refractivity contribution in [3.05, 3.63) is 41.3 Å². The van der Waals surface area contributed by atoms with E-state index in [2.05, 4.69) is 9.89 Å². The zero-order valence-corrected chi connectivity index (χ0v) is 14.7. The number of ether oxygens (including phenoxy) is 1. The second-order valence-electron chi connectivity index (χ2n) is 5.99. The van der Waals surface area contributed by atoms with E-state index in [1.165, 1.54) is 19.9 Å². The Labute approximate surface area is 148 Å². The second-order valence-corrected chi connectivity index (χ2v) is 7.61. The minimum absolute atomic E-state index is 0.0172. The van der Waals surface area contributed by atoms with Gasteiger partial charge in [0, 0.05) is 5.92 Å². The normalized spacial score (nSPS) is 19.4. The number of sulfonamides is 1. The summed E-state index contributed by atoms with van der Waals surface area (Å²) in [5, 5.41) is 3.56. The molecular weight excluding hydrogens is 370 g/mol. The Bertz CT molecular complexity index is 922. The molecule has 140 valence electrons. The number of benzene rings is 1. The maximum Gasteiger partial charge on any atom is 0.387 e. The maximum absolute atomic E-state index is 12.5. The Morgan fingerprint density at radius 2 is 2.04 bits per heavy atom. The highest BCUT2D eigenvalue weighted by atomic mass is 32.2. The molecule has 0 radical (unpaired) electrons. The third kappa shape index (κ3) is 3.55. The lowest BCUT2D eigenvalue weighted by Crippen LogP contribution is -2.32. The highest BCUT2D eigenvalue weighted by molar-refractivity contribution is 7.90. The quantitative estimate of drug-likeness (QED) is 0.819. The van der Waals surface area contributed by atoms with Gasteiger partial charge in [-0.2, -0.15) is 8.78 Å². The van der Waals surface area contributed by atoms with Crippen LogP contribution >= 0.6 is 0 Å². The summed E-state index contributed by atoms with van der Waals surface area (Å²) in [7, 11) is -4.12. The molecule has 7 nitrogen and oxygen atoms in total. The summed E-state index contributed by atoms with van der Waals surface area (Å²) in [5.41, 5.74) is 0.591. The van der Waals surface area contributed by atoms with E-state index < -0.39 is 28.5 Å². The number of aryl methyl sites for hydroxylation is 2. The lowest BCUT2D eigenvalue weighted by molar-refractivity contribution is -0.120. The van der Waals surface area contributed by atoms with Crippen LogP contribution in [0, 0.1) is 19.8 Å². The van der Waals surface area contributed by atoms with Crippen molar-refractivity contribution < 1.29 is 31.3 Å². The minimum atomic E-state index is -4.12. The first-order valence-corrected chi connectivity index (χ1v) is 9.22. The van der Waals surface area contributed by atoms with Gasteiger partial charge in [-0.15, -0.1) is 0 Å². The summed E-state index contributed by atoms with van der Waals surface area (Å²) in [6, 6.07) is 6.15. The molecule has 1 N–H and O–H groups in total. The third-order valence-corrected chi connectivity index (χ3v) is 5.72. The molecule has 1 fully saturated rings. The number of nitrogens with zero attached hydrogens (tertiary/aromatic N) is 1. The zero-order valence-electron chi connectivity index (χ0n) is 13.9. The Kier molecular flexibility index (Phi) is 4.70. The summed E-state index contributed by atoms with van der Waals surface area (Å²) in [4.78, 5) is 12.1. The molecule has 3 rings (SSSR count). The number of aromatic nitrogens is 1. The van der Waals surface area contributed by atoms with Gasteiger partial charge in [0.1, 0.15) is 11.4 Å². The van der Waals surface area contributed by atoms with Crippen LogP contribution < -0.4 is 9.46 Å². The number of hydrogen-bond donors (Lipinski definition) is 1. The number of halogens is 2. The van der Waals surface area contributed by atoms with Crippen LogP contribution in [0.3, 0.4) is 0 Å². The van der Waals surface area contributed by atoms with Gasteiger partial charge in [-0.1, -0.05) is 23.4 Å². The van der Waals surface area contributed by atoms with Crippen molar-refractivity contribution in [3.8, 4) is 5.75 Å². The molecule has 26 heavy (non-hydrogen) atoms. The van der Waals surface area contributed by atoms with Crippen molar-refractivity contribution in [3.63, 3.8) is 0 Å². The monoisotopic (exact) mass is 386 g/mol. The van der Waals surface area contributed by atoms with Crippen molar-refractivity contribution in [2.24, 2.45) is 5.92 Å². The van der Waals surface area contributed by atoms with Gasteiger partial charge < -0.3 is 9.26 Å². The van der Waals surface area contributed by atoms with Crippen molar-refractivity contribution in [2.75, 3.05) is 0 Å². The number of hydrogen-bond acceptors (Lipinski definition) is 6. The van der Waals surface area contributed by atoms with Crippen LogP contribution in [0.1, 0.15) is 29.4 Å². The number of amides is 1. The average molecular weight is 386 g/mol. The van der Waals surface area contributed by atoms with Crippen LogP contribution in [0.5, 0.6) is 5.75 Å². The van der Waals surface area contributed by atoms with Gasteiger partial charge in [-0.05, 0) is 37.8 Å². The van der Waals surface area contributed by atoms with Crippen LogP contribution in [0.15, 0.2) is 33.7 Å². The van der Waals surface area contributed by atoms with E-state index in [1.54, 1.807) is 18.2 Å². The number of alkyl halides is 2. The van der Waals surface area contributed by atoms with E-state index in [0.717, 1.165) is 0 Å². The predicted octanol–water partition coefficient (Wildman–Crippen LogP) is 2.50. The number of rotatable bonds is 6. The Balaban J connectivity index is 1.74. The maximum atomic E-state index is 12.5. The minimum Gasteiger partial charge on any atom is -0.435 e. The van der Waals surface area contributed by atoms with E-state index in [1.807, 2.05) is 4.72 Å². The molecule has 0 spiro atoms. The number of carbonyl (C=O) groups is 1. The molecule has 1 aliphatic rings. The number of para-hydroxylation sites is 1. The molecule has 10 heteroatoms. The van der Waals surface area contributed by atoms with Crippen molar-refractivity contribution >= 4 is 15.9 Å². The van der Waals surface area contributed by atoms with E-state index in [-0.39, 0.29) is 28.0 Å². The van der Waals surface area contributed by atoms with Gasteiger partial charge in [-0.25, -0.2) is 13.1 Å². The topological polar surface area (TPSA) is 98.5 Å². The van der Waals surface area contributed by atoms with Gasteiger partial charge in [0.15, 0.2) is 10.7 Å².